The average Bonchev–Trinajstić information content (AvgIpc) is 2.66. The molecule has 0 spiro atoms. The van der Waals surface area contributed by atoms with E-state index in [0.717, 1.165) is 16.7 Å². The molecule has 0 saturated carbocycles. The van der Waals surface area contributed by atoms with Crippen LogP contribution in [0, 0.1) is 5.41 Å². The summed E-state index contributed by atoms with van der Waals surface area (Å²) < 4.78 is 28.4. The summed E-state index contributed by atoms with van der Waals surface area (Å²) in [5.41, 5.74) is 2.51. The summed E-state index contributed by atoms with van der Waals surface area (Å²) in [5.74, 6) is 0.119. The van der Waals surface area contributed by atoms with Gasteiger partial charge in [0.1, 0.15) is 0 Å². The Kier molecular flexibility index (Phi) is 5.64. The summed E-state index contributed by atoms with van der Waals surface area (Å²) in [6.45, 7) is 8.72. The smallest absolute Gasteiger partial charge is 0.241 e. The highest BCUT2D eigenvalue weighted by Gasteiger charge is 2.30. The first-order chi connectivity index (χ1) is 13.1. The van der Waals surface area contributed by atoms with Crippen molar-refractivity contribution in [1.29, 1.82) is 0 Å². The number of nitrogens with zero attached hydrogens (tertiary/aromatic N) is 1. The largest absolute Gasteiger partial charge is 0.338 e. The van der Waals surface area contributed by atoms with Crippen molar-refractivity contribution in [2.45, 2.75) is 51.6 Å². The first-order valence-electron chi connectivity index (χ1n) is 9.56. The lowest BCUT2D eigenvalue weighted by Crippen LogP contribution is -2.42. The molecule has 0 fully saturated rings. The van der Waals surface area contributed by atoms with Crippen molar-refractivity contribution in [3.8, 4) is 0 Å². The zero-order valence-corrected chi connectivity index (χ0v) is 17.7. The molecule has 1 amide bonds. The molecule has 2 aromatic carbocycles. The van der Waals surface area contributed by atoms with Crippen LogP contribution in [0.15, 0.2) is 53.4 Å². The highest BCUT2D eigenvalue weighted by molar-refractivity contribution is 7.89. The number of rotatable bonds is 4. The molecular formula is C22H28N2O3S. The third-order valence-electron chi connectivity index (χ3n) is 5.06. The molecule has 2 aromatic rings. The molecule has 0 saturated heterocycles. The molecule has 5 nitrogen and oxygen atoms in total. The Morgan fingerprint density at radius 1 is 1.07 bits per heavy atom. The summed E-state index contributed by atoms with van der Waals surface area (Å²) >= 11 is 0. The van der Waals surface area contributed by atoms with Crippen LogP contribution < -0.4 is 4.72 Å². The third-order valence-corrected chi connectivity index (χ3v) is 6.60. The van der Waals surface area contributed by atoms with Gasteiger partial charge in [-0.1, -0.05) is 57.2 Å². The average molecular weight is 401 g/mol. The second-order valence-corrected chi connectivity index (χ2v) is 10.1. The number of carbonyl (C=O) groups is 1. The quantitative estimate of drug-likeness (QED) is 0.852. The van der Waals surface area contributed by atoms with Crippen molar-refractivity contribution in [2.75, 3.05) is 6.54 Å². The van der Waals surface area contributed by atoms with E-state index in [1.165, 1.54) is 0 Å². The van der Waals surface area contributed by atoms with E-state index in [1.54, 1.807) is 12.1 Å². The van der Waals surface area contributed by atoms with Crippen LogP contribution in [0.5, 0.6) is 0 Å². The van der Waals surface area contributed by atoms with E-state index >= 15 is 0 Å². The van der Waals surface area contributed by atoms with Crippen LogP contribution in [0.25, 0.3) is 0 Å². The Hall–Kier alpha value is -2.18. The van der Waals surface area contributed by atoms with Gasteiger partial charge in [-0.3, -0.25) is 4.79 Å². The number of benzene rings is 2. The van der Waals surface area contributed by atoms with E-state index in [9.17, 15) is 13.2 Å². The predicted octanol–water partition coefficient (Wildman–Crippen LogP) is 3.66. The number of sulfonamides is 1. The minimum Gasteiger partial charge on any atom is -0.338 e. The maximum Gasteiger partial charge on any atom is 0.241 e. The lowest BCUT2D eigenvalue weighted by molar-refractivity contribution is -0.140. The predicted molar refractivity (Wildman–Crippen MR) is 110 cm³/mol. The van der Waals surface area contributed by atoms with Crippen LogP contribution in [0.4, 0.5) is 0 Å². The molecule has 1 N–H and O–H groups in total. The highest BCUT2D eigenvalue weighted by atomic mass is 32.2. The van der Waals surface area contributed by atoms with Gasteiger partial charge < -0.3 is 4.90 Å². The number of amides is 1. The van der Waals surface area contributed by atoms with Crippen LogP contribution in [-0.2, 0) is 27.8 Å². The molecule has 150 valence electrons. The standard InChI is InChI=1S/C22H28N2O3S/c1-16(17-8-6-5-7-9-17)23-28(26,27)20-11-10-19-15-24(13-12-18(19)14-20)21(25)22(2,3)4/h5-11,14,16,23H,12-13,15H2,1-4H3. The summed E-state index contributed by atoms with van der Waals surface area (Å²) in [6.07, 6.45) is 0.661. The van der Waals surface area contributed by atoms with Crippen LogP contribution in [-0.4, -0.2) is 25.8 Å². The Morgan fingerprint density at radius 2 is 1.75 bits per heavy atom. The maximum absolute atomic E-state index is 12.8. The Morgan fingerprint density at radius 3 is 2.39 bits per heavy atom. The van der Waals surface area contributed by atoms with Crippen LogP contribution in [0.3, 0.4) is 0 Å². The minimum absolute atomic E-state index is 0.119. The minimum atomic E-state index is -3.62. The topological polar surface area (TPSA) is 66.5 Å². The van der Waals surface area contributed by atoms with Crippen LogP contribution in [0.2, 0.25) is 0 Å². The van der Waals surface area contributed by atoms with Crippen molar-refractivity contribution in [1.82, 2.24) is 9.62 Å². The third kappa shape index (κ3) is 4.45. The van der Waals surface area contributed by atoms with E-state index in [1.807, 2.05) is 69.0 Å². The molecule has 1 aliphatic rings. The van der Waals surface area contributed by atoms with Crippen LogP contribution >= 0.6 is 0 Å². The van der Waals surface area contributed by atoms with Gasteiger partial charge in [-0.15, -0.1) is 0 Å². The molecule has 1 heterocycles. The van der Waals surface area contributed by atoms with Gasteiger partial charge >= 0.3 is 0 Å². The Labute approximate surface area is 167 Å². The summed E-state index contributed by atoms with van der Waals surface area (Å²) in [4.78, 5) is 14.7. The molecule has 1 unspecified atom stereocenters. The normalized spacial score (nSPS) is 15.8. The number of carbonyl (C=O) groups excluding carboxylic acids is 1. The Balaban J connectivity index is 1.78. The van der Waals surface area contributed by atoms with Gasteiger partial charge in [0.25, 0.3) is 0 Å². The number of fused-ring (bicyclic) bond motifs is 1. The second kappa shape index (κ2) is 7.68. The molecule has 6 heteroatoms. The van der Waals surface area contributed by atoms with Gasteiger partial charge in [-0.05, 0) is 42.2 Å². The SMILES string of the molecule is CC(NS(=O)(=O)c1ccc2c(c1)CCN(C(=O)C(C)(C)C)C2)c1ccccc1. The lowest BCUT2D eigenvalue weighted by Gasteiger charge is -2.33. The first kappa shape index (κ1) is 20.6. The van der Waals surface area contributed by atoms with Crippen molar-refractivity contribution in [3.63, 3.8) is 0 Å². The van der Waals surface area contributed by atoms with E-state index < -0.39 is 15.4 Å². The summed E-state index contributed by atoms with van der Waals surface area (Å²) in [5, 5.41) is 0. The molecule has 0 bridgehead atoms. The van der Waals surface area contributed by atoms with E-state index in [2.05, 4.69) is 4.72 Å². The molecule has 0 aliphatic carbocycles. The Bertz CT molecular complexity index is 963. The molecular weight excluding hydrogens is 372 g/mol. The van der Waals surface area contributed by atoms with Gasteiger partial charge in [-0.2, -0.15) is 0 Å². The van der Waals surface area contributed by atoms with E-state index in [4.69, 9.17) is 0 Å². The molecule has 1 aliphatic heterocycles. The number of hydrogen-bond donors (Lipinski definition) is 1. The van der Waals surface area contributed by atoms with Crippen molar-refractivity contribution in [2.24, 2.45) is 5.41 Å². The van der Waals surface area contributed by atoms with Gasteiger partial charge in [0.15, 0.2) is 0 Å². The maximum atomic E-state index is 12.8. The fourth-order valence-corrected chi connectivity index (χ4v) is 4.74. The van der Waals surface area contributed by atoms with Crippen molar-refractivity contribution < 1.29 is 13.2 Å². The highest BCUT2D eigenvalue weighted by Crippen LogP contribution is 2.27. The molecule has 0 aromatic heterocycles. The fraction of sp³-hybridized carbons (Fsp3) is 0.409. The molecule has 28 heavy (non-hydrogen) atoms. The fourth-order valence-electron chi connectivity index (χ4n) is 3.45. The number of hydrogen-bond acceptors (Lipinski definition) is 3. The summed E-state index contributed by atoms with van der Waals surface area (Å²) in [7, 11) is -3.62. The molecule has 3 rings (SSSR count). The second-order valence-electron chi connectivity index (χ2n) is 8.41. The summed E-state index contributed by atoms with van der Waals surface area (Å²) in [6, 6.07) is 14.4. The molecule has 0 radical (unpaired) electrons. The van der Waals surface area contributed by atoms with E-state index in [0.29, 0.717) is 19.5 Å². The first-order valence-corrected chi connectivity index (χ1v) is 11.0. The van der Waals surface area contributed by atoms with Crippen molar-refractivity contribution >= 4 is 15.9 Å². The van der Waals surface area contributed by atoms with E-state index in [-0.39, 0.29) is 16.8 Å². The van der Waals surface area contributed by atoms with Crippen molar-refractivity contribution in [3.05, 3.63) is 65.2 Å². The monoisotopic (exact) mass is 400 g/mol. The zero-order valence-electron chi connectivity index (χ0n) is 16.9. The van der Waals surface area contributed by atoms with Crippen LogP contribution in [0.1, 0.15) is 50.4 Å². The van der Waals surface area contributed by atoms with Gasteiger partial charge in [-0.25, -0.2) is 13.1 Å². The van der Waals surface area contributed by atoms with Gasteiger partial charge in [0.05, 0.1) is 4.90 Å². The number of nitrogens with one attached hydrogen (secondary N) is 1. The van der Waals surface area contributed by atoms with Gasteiger partial charge in [0.2, 0.25) is 15.9 Å². The molecule has 1 atom stereocenters. The van der Waals surface area contributed by atoms with Gasteiger partial charge in [0, 0.05) is 24.5 Å². The zero-order chi connectivity index (χ0) is 20.5. The lowest BCUT2D eigenvalue weighted by atomic mass is 9.92.